The van der Waals surface area contributed by atoms with Gasteiger partial charge in [-0.3, -0.25) is 4.79 Å². The Hall–Kier alpha value is -1.94. The summed E-state index contributed by atoms with van der Waals surface area (Å²) in [6, 6.07) is 6.34. The molecule has 96 valence electrons. The average molecular weight is 270 g/mol. The molecule has 0 spiro atoms. The van der Waals surface area contributed by atoms with E-state index in [4.69, 9.17) is 0 Å². The minimum Gasteiger partial charge on any atom is -0.310 e. The highest BCUT2D eigenvalue weighted by Crippen LogP contribution is 2.33. The number of H-pyrrole nitrogens is 1. The van der Waals surface area contributed by atoms with Gasteiger partial charge in [0.15, 0.2) is 0 Å². The molecule has 3 aromatic rings. The molecule has 1 aromatic carbocycles. The summed E-state index contributed by atoms with van der Waals surface area (Å²) in [7, 11) is 0. The zero-order chi connectivity index (χ0) is 13.6. The first-order valence-electron chi connectivity index (χ1n) is 6.12. The lowest BCUT2D eigenvalue weighted by Gasteiger charge is -2.05. The molecule has 0 aliphatic heterocycles. The van der Waals surface area contributed by atoms with E-state index in [1.54, 1.807) is 0 Å². The summed E-state index contributed by atoms with van der Waals surface area (Å²) in [5, 5.41) is 2.02. The van der Waals surface area contributed by atoms with Crippen molar-refractivity contribution in [1.29, 1.82) is 0 Å². The molecular formula is C15H14N2OS. The van der Waals surface area contributed by atoms with Crippen LogP contribution in [0, 0.1) is 20.8 Å². The van der Waals surface area contributed by atoms with Gasteiger partial charge in [-0.1, -0.05) is 23.8 Å². The number of hydrogen-bond acceptors (Lipinski definition) is 3. The van der Waals surface area contributed by atoms with Gasteiger partial charge < -0.3 is 4.98 Å². The van der Waals surface area contributed by atoms with E-state index in [2.05, 4.69) is 42.0 Å². The van der Waals surface area contributed by atoms with Gasteiger partial charge in [0.05, 0.1) is 5.52 Å². The predicted molar refractivity (Wildman–Crippen MR) is 79.9 cm³/mol. The summed E-state index contributed by atoms with van der Waals surface area (Å²) in [5.74, 6) is 0.655. The Labute approximate surface area is 115 Å². The first kappa shape index (κ1) is 12.1. The lowest BCUT2D eigenvalue weighted by molar-refractivity contribution is 1.06. The Morgan fingerprint density at radius 3 is 2.68 bits per heavy atom. The van der Waals surface area contributed by atoms with E-state index in [0.717, 1.165) is 16.6 Å². The number of aromatic amines is 1. The summed E-state index contributed by atoms with van der Waals surface area (Å²) >= 11 is 1.45. The number of fused-ring (bicyclic) bond motifs is 1. The highest BCUT2D eigenvalue weighted by atomic mass is 32.1. The van der Waals surface area contributed by atoms with Gasteiger partial charge in [-0.15, -0.1) is 11.3 Å². The van der Waals surface area contributed by atoms with Gasteiger partial charge in [0.2, 0.25) is 0 Å². The van der Waals surface area contributed by atoms with E-state index in [0.29, 0.717) is 10.5 Å². The van der Waals surface area contributed by atoms with Gasteiger partial charge in [0, 0.05) is 10.9 Å². The number of hydrogen-bond donors (Lipinski definition) is 1. The second kappa shape index (κ2) is 4.31. The normalized spacial score (nSPS) is 11.1. The van der Waals surface area contributed by atoms with Crippen molar-refractivity contribution in [3.63, 3.8) is 0 Å². The van der Waals surface area contributed by atoms with Gasteiger partial charge in [0.1, 0.15) is 10.5 Å². The molecule has 0 amide bonds. The van der Waals surface area contributed by atoms with Gasteiger partial charge in [-0.25, -0.2) is 4.98 Å². The smallest absolute Gasteiger partial charge is 0.268 e. The van der Waals surface area contributed by atoms with Crippen LogP contribution in [0.3, 0.4) is 0 Å². The Balaban J connectivity index is 2.34. The topological polar surface area (TPSA) is 45.8 Å². The van der Waals surface area contributed by atoms with Crippen LogP contribution < -0.4 is 5.56 Å². The van der Waals surface area contributed by atoms with Crippen molar-refractivity contribution >= 4 is 21.6 Å². The third kappa shape index (κ3) is 1.98. The third-order valence-electron chi connectivity index (χ3n) is 3.22. The second-order valence-corrected chi connectivity index (χ2v) is 5.68. The molecule has 0 atom stereocenters. The molecule has 19 heavy (non-hydrogen) atoms. The number of aromatic nitrogens is 2. The molecule has 0 fully saturated rings. The minimum atomic E-state index is -0.0523. The van der Waals surface area contributed by atoms with Crippen LogP contribution in [-0.4, -0.2) is 9.97 Å². The van der Waals surface area contributed by atoms with E-state index in [1.165, 1.54) is 22.5 Å². The Kier molecular flexibility index (Phi) is 2.75. The molecule has 2 heterocycles. The van der Waals surface area contributed by atoms with Crippen LogP contribution in [0.5, 0.6) is 0 Å². The molecule has 0 bridgehead atoms. The number of thiophene rings is 1. The number of rotatable bonds is 1. The number of nitrogens with one attached hydrogen (secondary N) is 1. The molecule has 2 aromatic heterocycles. The predicted octanol–water partition coefficient (Wildman–Crippen LogP) is 3.58. The molecular weight excluding hydrogens is 256 g/mol. The Morgan fingerprint density at radius 2 is 1.95 bits per heavy atom. The fourth-order valence-corrected chi connectivity index (χ4v) is 3.25. The standard InChI is InChI=1S/C15H14N2OS/c1-8-4-5-11(9(2)6-8)12-7-19-14-13(12)16-10(3)17-15(14)18/h4-7H,1-3H3,(H,16,17,18). The van der Waals surface area contributed by atoms with Crippen LogP contribution >= 0.6 is 11.3 Å². The average Bonchev–Trinajstić information content (AvgIpc) is 2.73. The van der Waals surface area contributed by atoms with Gasteiger partial charge in [0.25, 0.3) is 5.56 Å². The number of aryl methyl sites for hydroxylation is 3. The fourth-order valence-electron chi connectivity index (χ4n) is 2.35. The Bertz CT molecular complexity index is 830. The molecule has 0 aliphatic rings. The van der Waals surface area contributed by atoms with E-state index >= 15 is 0 Å². The SMILES string of the molecule is Cc1ccc(-c2csc3c(=O)[nH]c(C)nc23)c(C)c1. The molecule has 4 heteroatoms. The van der Waals surface area contributed by atoms with E-state index < -0.39 is 0 Å². The van der Waals surface area contributed by atoms with Crippen LogP contribution in [-0.2, 0) is 0 Å². The molecule has 3 nitrogen and oxygen atoms in total. The van der Waals surface area contributed by atoms with Crippen molar-refractivity contribution in [1.82, 2.24) is 9.97 Å². The van der Waals surface area contributed by atoms with E-state index in [-0.39, 0.29) is 5.56 Å². The lowest BCUT2D eigenvalue weighted by atomic mass is 10.0. The number of nitrogens with zero attached hydrogens (tertiary/aromatic N) is 1. The zero-order valence-corrected chi connectivity index (χ0v) is 11.9. The summed E-state index contributed by atoms with van der Waals surface area (Å²) in [6.45, 7) is 5.98. The van der Waals surface area contributed by atoms with Crippen molar-refractivity contribution in [2.75, 3.05) is 0 Å². The maximum Gasteiger partial charge on any atom is 0.268 e. The van der Waals surface area contributed by atoms with Crippen molar-refractivity contribution in [2.24, 2.45) is 0 Å². The molecule has 0 saturated carbocycles. The van der Waals surface area contributed by atoms with E-state index in [1.807, 2.05) is 12.3 Å². The maximum atomic E-state index is 11.9. The zero-order valence-electron chi connectivity index (χ0n) is 11.1. The fraction of sp³-hybridized carbons (Fsp3) is 0.200. The van der Waals surface area contributed by atoms with E-state index in [9.17, 15) is 4.79 Å². The second-order valence-electron chi connectivity index (χ2n) is 4.80. The molecule has 1 N–H and O–H groups in total. The van der Waals surface area contributed by atoms with Gasteiger partial charge >= 0.3 is 0 Å². The van der Waals surface area contributed by atoms with Crippen molar-refractivity contribution in [3.05, 3.63) is 50.9 Å². The van der Waals surface area contributed by atoms with Crippen LogP contribution in [0.4, 0.5) is 0 Å². The first-order chi connectivity index (χ1) is 9.06. The van der Waals surface area contributed by atoms with Crippen LogP contribution in [0.25, 0.3) is 21.3 Å². The van der Waals surface area contributed by atoms with Gasteiger partial charge in [-0.2, -0.15) is 0 Å². The number of benzene rings is 1. The summed E-state index contributed by atoms with van der Waals surface area (Å²) in [5.41, 5.74) is 5.39. The van der Waals surface area contributed by atoms with Crippen LogP contribution in [0.15, 0.2) is 28.4 Å². The quantitative estimate of drug-likeness (QED) is 0.734. The maximum absolute atomic E-state index is 11.9. The molecule has 0 aliphatic carbocycles. The van der Waals surface area contributed by atoms with Gasteiger partial charge in [-0.05, 0) is 31.9 Å². The lowest BCUT2D eigenvalue weighted by Crippen LogP contribution is -2.07. The molecule has 0 unspecified atom stereocenters. The van der Waals surface area contributed by atoms with Crippen molar-refractivity contribution in [3.8, 4) is 11.1 Å². The van der Waals surface area contributed by atoms with Crippen molar-refractivity contribution in [2.45, 2.75) is 20.8 Å². The molecule has 3 rings (SSSR count). The van der Waals surface area contributed by atoms with Crippen molar-refractivity contribution < 1.29 is 0 Å². The first-order valence-corrected chi connectivity index (χ1v) is 7.00. The van der Waals surface area contributed by atoms with Crippen LogP contribution in [0.1, 0.15) is 17.0 Å². The monoisotopic (exact) mass is 270 g/mol. The third-order valence-corrected chi connectivity index (χ3v) is 4.19. The molecule has 0 radical (unpaired) electrons. The summed E-state index contributed by atoms with van der Waals surface area (Å²) in [4.78, 5) is 19.1. The largest absolute Gasteiger partial charge is 0.310 e. The summed E-state index contributed by atoms with van der Waals surface area (Å²) in [6.07, 6.45) is 0. The molecule has 0 saturated heterocycles. The summed E-state index contributed by atoms with van der Waals surface area (Å²) < 4.78 is 0.695. The Morgan fingerprint density at radius 1 is 1.16 bits per heavy atom. The highest BCUT2D eigenvalue weighted by Gasteiger charge is 2.12. The minimum absolute atomic E-state index is 0.0523. The highest BCUT2D eigenvalue weighted by molar-refractivity contribution is 7.17. The van der Waals surface area contributed by atoms with Crippen LogP contribution in [0.2, 0.25) is 0 Å².